The van der Waals surface area contributed by atoms with Gasteiger partial charge in [-0.15, -0.1) is 0 Å². The molecule has 5 heteroatoms. The summed E-state index contributed by atoms with van der Waals surface area (Å²) in [6, 6.07) is 30.6. The third kappa shape index (κ3) is 6.85. The molecule has 0 amide bonds. The van der Waals surface area contributed by atoms with Gasteiger partial charge in [0.1, 0.15) is 22.8 Å². The highest BCUT2D eigenvalue weighted by Gasteiger charge is 2.48. The van der Waals surface area contributed by atoms with Crippen LogP contribution in [0.3, 0.4) is 0 Å². The molecule has 2 unspecified atom stereocenters. The first kappa shape index (κ1) is 33.3. The third-order valence-electron chi connectivity index (χ3n) is 8.96. The van der Waals surface area contributed by atoms with Crippen LogP contribution in [0.15, 0.2) is 91.0 Å². The zero-order valence-electron chi connectivity index (χ0n) is 28.8. The predicted molar refractivity (Wildman–Crippen MR) is 184 cm³/mol. The fourth-order valence-corrected chi connectivity index (χ4v) is 6.20. The molecular weight excluding hydrogens is 572 g/mol. The Morgan fingerprint density at radius 3 is 1.59 bits per heavy atom. The second kappa shape index (κ2) is 13.0. The van der Waals surface area contributed by atoms with Gasteiger partial charge in [0.15, 0.2) is 0 Å². The minimum absolute atomic E-state index is 0.0358. The zero-order chi connectivity index (χ0) is 33.3. The largest absolute Gasteiger partial charge is 0.497 e. The lowest BCUT2D eigenvalue weighted by atomic mass is 9.78. The molecule has 1 fully saturated rings. The number of esters is 1. The number of aryl methyl sites for hydroxylation is 1. The smallest absolute Gasteiger partial charge is 0.314 e. The van der Waals surface area contributed by atoms with Crippen LogP contribution in [0.2, 0.25) is 0 Å². The Hall–Kier alpha value is -4.09. The summed E-state index contributed by atoms with van der Waals surface area (Å²) in [5, 5.41) is 0. The van der Waals surface area contributed by atoms with E-state index in [0.29, 0.717) is 12.4 Å². The monoisotopic (exact) mass is 620 g/mol. The Bertz CT molecular complexity index is 1560. The number of ether oxygens (including phenoxy) is 4. The van der Waals surface area contributed by atoms with Crippen molar-refractivity contribution in [2.45, 2.75) is 71.3 Å². The molecule has 0 aliphatic heterocycles. The lowest BCUT2D eigenvalue weighted by Crippen LogP contribution is -2.34. The number of methoxy groups -OCH3 is 2. The van der Waals surface area contributed by atoms with Crippen LogP contribution < -0.4 is 14.2 Å². The molecule has 46 heavy (non-hydrogen) atoms. The van der Waals surface area contributed by atoms with Crippen LogP contribution in [0, 0.1) is 18.8 Å². The lowest BCUT2D eigenvalue weighted by Gasteiger charge is -2.36. The van der Waals surface area contributed by atoms with E-state index in [1.165, 1.54) is 5.56 Å². The fourth-order valence-electron chi connectivity index (χ4n) is 6.20. The summed E-state index contributed by atoms with van der Waals surface area (Å²) in [5.41, 5.74) is 4.92. The highest BCUT2D eigenvalue weighted by atomic mass is 16.5. The predicted octanol–water partition coefficient (Wildman–Crippen LogP) is 9.16. The average molecular weight is 621 g/mol. The van der Waals surface area contributed by atoms with Crippen molar-refractivity contribution in [2.24, 2.45) is 11.8 Å². The van der Waals surface area contributed by atoms with E-state index in [2.05, 4.69) is 72.7 Å². The van der Waals surface area contributed by atoms with E-state index >= 15 is 0 Å². The molecule has 0 radical (unpaired) electrons. The van der Waals surface area contributed by atoms with Crippen molar-refractivity contribution in [2.75, 3.05) is 20.8 Å². The molecular formula is C41H48O5. The number of carbonyl (C=O) groups is 1. The molecule has 1 saturated carbocycles. The minimum atomic E-state index is -0.924. The highest BCUT2D eigenvalue weighted by molar-refractivity contribution is 5.79. The van der Waals surface area contributed by atoms with Crippen LogP contribution >= 0.6 is 0 Å². The molecule has 5 nitrogen and oxygen atoms in total. The van der Waals surface area contributed by atoms with Crippen molar-refractivity contribution in [1.29, 1.82) is 0 Å². The van der Waals surface area contributed by atoms with Gasteiger partial charge in [0.05, 0.1) is 26.7 Å². The molecule has 0 saturated heterocycles. The molecule has 4 aromatic rings. The van der Waals surface area contributed by atoms with Gasteiger partial charge in [0.25, 0.3) is 0 Å². The minimum Gasteiger partial charge on any atom is -0.497 e. The van der Waals surface area contributed by atoms with E-state index in [1.54, 1.807) is 14.2 Å². The SMILES string of the molecule is COc1ccc(C(OCC2CC2C(=O)Oc2c(C(C)(C)C)cc(C)cc2C(C)(C)C)(c2ccccc2)c2ccc(OC)cc2)cc1. The van der Waals surface area contributed by atoms with Gasteiger partial charge in [-0.3, -0.25) is 4.79 Å². The molecule has 242 valence electrons. The molecule has 4 aromatic carbocycles. The molecule has 0 spiro atoms. The number of hydrogen-bond donors (Lipinski definition) is 0. The third-order valence-corrected chi connectivity index (χ3v) is 8.96. The van der Waals surface area contributed by atoms with E-state index < -0.39 is 5.60 Å². The fraction of sp³-hybridized carbons (Fsp3) is 0.390. The number of carbonyl (C=O) groups excluding carboxylic acids is 1. The van der Waals surface area contributed by atoms with Gasteiger partial charge in [-0.25, -0.2) is 0 Å². The molecule has 1 aliphatic carbocycles. The van der Waals surface area contributed by atoms with Gasteiger partial charge in [-0.2, -0.15) is 0 Å². The van der Waals surface area contributed by atoms with Crippen LogP contribution in [0.25, 0.3) is 0 Å². The summed E-state index contributed by atoms with van der Waals surface area (Å²) in [6.45, 7) is 15.5. The summed E-state index contributed by atoms with van der Waals surface area (Å²) in [7, 11) is 3.33. The zero-order valence-corrected chi connectivity index (χ0v) is 28.8. The Balaban J connectivity index is 1.47. The van der Waals surface area contributed by atoms with E-state index in [1.807, 2.05) is 66.7 Å². The Morgan fingerprint density at radius 2 is 1.15 bits per heavy atom. The van der Waals surface area contributed by atoms with Crippen molar-refractivity contribution in [3.63, 3.8) is 0 Å². The van der Waals surface area contributed by atoms with Gasteiger partial charge in [0, 0.05) is 11.1 Å². The van der Waals surface area contributed by atoms with Crippen molar-refractivity contribution in [3.05, 3.63) is 124 Å². The molecule has 0 bridgehead atoms. The molecule has 1 aliphatic rings. The summed E-state index contributed by atoms with van der Waals surface area (Å²) in [6.07, 6.45) is 0.719. The van der Waals surface area contributed by atoms with Gasteiger partial charge < -0.3 is 18.9 Å². The average Bonchev–Trinajstić information content (AvgIpc) is 3.82. The summed E-state index contributed by atoms with van der Waals surface area (Å²) in [4.78, 5) is 13.8. The van der Waals surface area contributed by atoms with Crippen LogP contribution in [0.4, 0.5) is 0 Å². The number of hydrogen-bond acceptors (Lipinski definition) is 5. The first-order valence-electron chi connectivity index (χ1n) is 16.1. The maximum Gasteiger partial charge on any atom is 0.314 e. The Labute approximate surface area is 274 Å². The van der Waals surface area contributed by atoms with E-state index in [0.717, 1.165) is 45.7 Å². The molecule has 0 N–H and O–H groups in total. The van der Waals surface area contributed by atoms with Crippen LogP contribution in [0.1, 0.15) is 81.3 Å². The Morgan fingerprint density at radius 1 is 0.696 bits per heavy atom. The van der Waals surface area contributed by atoms with Gasteiger partial charge in [-0.05, 0) is 71.0 Å². The van der Waals surface area contributed by atoms with Crippen molar-refractivity contribution in [3.8, 4) is 17.2 Å². The molecule has 2 atom stereocenters. The number of benzene rings is 4. The van der Waals surface area contributed by atoms with Crippen molar-refractivity contribution < 1.29 is 23.7 Å². The quantitative estimate of drug-likeness (QED) is 0.101. The summed E-state index contributed by atoms with van der Waals surface area (Å²) >= 11 is 0. The van der Waals surface area contributed by atoms with Gasteiger partial charge in [0.2, 0.25) is 0 Å². The standard InChI is InChI=1S/C41H48O5/c1-27-23-35(39(2,3)4)37(36(24-27)40(5,6)7)46-38(42)34-25-28(34)26-45-41(29-13-11-10-12-14-29,30-15-19-32(43-8)20-16-30)31-17-21-33(44-9)22-18-31/h10-24,28,34H,25-26H2,1-9H3. The lowest BCUT2D eigenvalue weighted by molar-refractivity contribution is -0.136. The summed E-state index contributed by atoms with van der Waals surface area (Å²) < 4.78 is 24.4. The first-order valence-corrected chi connectivity index (χ1v) is 16.1. The van der Waals surface area contributed by atoms with E-state index in [9.17, 15) is 4.79 Å². The van der Waals surface area contributed by atoms with Crippen LogP contribution in [-0.4, -0.2) is 26.8 Å². The van der Waals surface area contributed by atoms with Crippen LogP contribution in [-0.2, 0) is 26.0 Å². The van der Waals surface area contributed by atoms with Gasteiger partial charge in [-0.1, -0.05) is 114 Å². The summed E-state index contributed by atoms with van der Waals surface area (Å²) in [5.74, 6) is 1.86. The maximum absolute atomic E-state index is 13.8. The normalized spacial score (nSPS) is 16.5. The maximum atomic E-state index is 13.8. The first-order chi connectivity index (χ1) is 21.8. The Kier molecular flexibility index (Phi) is 9.38. The van der Waals surface area contributed by atoms with Crippen LogP contribution in [0.5, 0.6) is 17.2 Å². The molecule has 0 aromatic heterocycles. The molecule has 0 heterocycles. The highest BCUT2D eigenvalue weighted by Crippen LogP contribution is 2.47. The topological polar surface area (TPSA) is 54.0 Å². The van der Waals surface area contributed by atoms with Crippen molar-refractivity contribution >= 4 is 5.97 Å². The van der Waals surface area contributed by atoms with Gasteiger partial charge >= 0.3 is 5.97 Å². The second-order valence-electron chi connectivity index (χ2n) is 14.5. The van der Waals surface area contributed by atoms with Crippen molar-refractivity contribution in [1.82, 2.24) is 0 Å². The second-order valence-corrected chi connectivity index (χ2v) is 14.5. The van der Waals surface area contributed by atoms with E-state index in [-0.39, 0.29) is 28.6 Å². The number of rotatable bonds is 10. The van der Waals surface area contributed by atoms with E-state index in [4.69, 9.17) is 18.9 Å². The molecule has 5 rings (SSSR count).